The fraction of sp³-hybridized carbons (Fsp3) is 0.550. The van der Waals surface area contributed by atoms with E-state index in [2.05, 4.69) is 29.6 Å². The number of hydrogen-bond acceptors (Lipinski definition) is 5. The third kappa shape index (κ3) is 4.98. The highest BCUT2D eigenvalue weighted by Gasteiger charge is 2.26. The van der Waals surface area contributed by atoms with Crippen molar-refractivity contribution in [2.24, 2.45) is 5.92 Å². The summed E-state index contributed by atoms with van der Waals surface area (Å²) in [6.45, 7) is 4.59. The summed E-state index contributed by atoms with van der Waals surface area (Å²) in [4.78, 5) is 25.2. The Labute approximate surface area is 169 Å². The van der Waals surface area contributed by atoms with E-state index >= 15 is 0 Å². The summed E-state index contributed by atoms with van der Waals surface area (Å²) >= 11 is 1.78. The Bertz CT molecular complexity index is 795. The smallest absolute Gasteiger partial charge is 0.242 e. The highest BCUT2D eigenvalue weighted by Crippen LogP contribution is 2.35. The molecule has 1 aliphatic heterocycles. The number of hydrogen-bond donors (Lipinski definition) is 2. The largest absolute Gasteiger partial charge is 0.467 e. The van der Waals surface area contributed by atoms with E-state index in [4.69, 9.17) is 4.42 Å². The zero-order chi connectivity index (χ0) is 19.9. The van der Waals surface area contributed by atoms with Crippen LogP contribution in [0.1, 0.15) is 56.5 Å². The van der Waals surface area contributed by atoms with Crippen molar-refractivity contribution in [2.45, 2.75) is 64.1 Å². The minimum atomic E-state index is -0.167. The lowest BCUT2D eigenvalue weighted by Crippen LogP contribution is -2.30. The van der Waals surface area contributed by atoms with Crippen LogP contribution in [0.3, 0.4) is 0 Å². The first kappa shape index (κ1) is 20.5. The summed E-state index contributed by atoms with van der Waals surface area (Å²) in [5.41, 5.74) is 2.01. The normalized spacial score (nSPS) is 13.0. The molecule has 0 spiro atoms. The van der Waals surface area contributed by atoms with Crippen LogP contribution in [0.15, 0.2) is 22.8 Å². The maximum atomic E-state index is 12.8. The molecule has 0 fully saturated rings. The summed E-state index contributed by atoms with van der Waals surface area (Å²) in [7, 11) is 0. The summed E-state index contributed by atoms with van der Waals surface area (Å²) in [5, 5.41) is 10.5. The van der Waals surface area contributed by atoms with Crippen molar-refractivity contribution >= 4 is 29.4 Å². The number of anilines is 1. The maximum absolute atomic E-state index is 12.8. The van der Waals surface area contributed by atoms with Crippen LogP contribution >= 0.6 is 11.8 Å². The molecule has 2 N–H and O–H groups in total. The van der Waals surface area contributed by atoms with E-state index in [0.717, 1.165) is 48.4 Å². The predicted molar refractivity (Wildman–Crippen MR) is 110 cm³/mol. The molecule has 1 aliphatic rings. The van der Waals surface area contributed by atoms with Gasteiger partial charge in [0.1, 0.15) is 18.1 Å². The zero-order valence-corrected chi connectivity index (χ0v) is 17.3. The van der Waals surface area contributed by atoms with Gasteiger partial charge < -0.3 is 15.1 Å². The Morgan fingerprint density at radius 2 is 2.07 bits per heavy atom. The van der Waals surface area contributed by atoms with E-state index < -0.39 is 0 Å². The number of thioether (sulfide) groups is 1. The lowest BCUT2D eigenvalue weighted by atomic mass is 9.97. The molecule has 2 amide bonds. The summed E-state index contributed by atoms with van der Waals surface area (Å²) in [5.74, 6) is 2.85. The summed E-state index contributed by atoms with van der Waals surface area (Å²) in [6.07, 6.45) is 5.26. The first-order valence-electron chi connectivity index (χ1n) is 9.88. The van der Waals surface area contributed by atoms with Gasteiger partial charge in [-0.15, -0.1) is 0 Å². The molecular weight excluding hydrogens is 376 g/mol. The molecule has 2 aromatic rings. The number of aromatic nitrogens is 2. The molecular formula is C20H28N4O3S. The van der Waals surface area contributed by atoms with Crippen molar-refractivity contribution in [3.8, 4) is 0 Å². The van der Waals surface area contributed by atoms with E-state index in [-0.39, 0.29) is 24.3 Å². The number of nitrogens with zero attached hydrogens (tertiary/aromatic N) is 2. The van der Waals surface area contributed by atoms with Gasteiger partial charge >= 0.3 is 0 Å². The SMILES string of the molecule is CCCC(CCC)C(=O)Nc1c2c(nn1CC(=O)NCc1ccco1)CSC2. The molecule has 8 heteroatoms. The quantitative estimate of drug-likeness (QED) is 0.630. The van der Waals surface area contributed by atoms with Gasteiger partial charge in [0.05, 0.1) is 18.5 Å². The second-order valence-electron chi connectivity index (χ2n) is 7.04. The molecule has 0 saturated heterocycles. The van der Waals surface area contributed by atoms with Crippen molar-refractivity contribution in [2.75, 3.05) is 5.32 Å². The van der Waals surface area contributed by atoms with E-state index in [1.54, 1.807) is 28.8 Å². The highest BCUT2D eigenvalue weighted by atomic mass is 32.2. The zero-order valence-electron chi connectivity index (χ0n) is 16.5. The molecule has 0 aromatic carbocycles. The number of amides is 2. The molecule has 3 rings (SSSR count). The van der Waals surface area contributed by atoms with Gasteiger partial charge in [0.25, 0.3) is 0 Å². The Morgan fingerprint density at radius 3 is 2.75 bits per heavy atom. The Kier molecular flexibility index (Phi) is 7.19. The first-order valence-corrected chi connectivity index (χ1v) is 11.0. The minimum absolute atomic E-state index is 0.00386. The maximum Gasteiger partial charge on any atom is 0.242 e. The lowest BCUT2D eigenvalue weighted by molar-refractivity contribution is -0.122. The van der Waals surface area contributed by atoms with Crippen LogP contribution in [0.5, 0.6) is 0 Å². The number of furan rings is 1. The molecule has 3 heterocycles. The summed E-state index contributed by atoms with van der Waals surface area (Å²) < 4.78 is 6.87. The number of carbonyl (C=O) groups is 2. The van der Waals surface area contributed by atoms with E-state index in [0.29, 0.717) is 18.1 Å². The average Bonchev–Trinajstić information content (AvgIpc) is 3.40. The number of nitrogens with one attached hydrogen (secondary N) is 2. The van der Waals surface area contributed by atoms with Crippen molar-refractivity contribution in [1.82, 2.24) is 15.1 Å². The molecule has 0 saturated carbocycles. The Hall–Kier alpha value is -2.22. The second kappa shape index (κ2) is 9.82. The third-order valence-electron chi connectivity index (χ3n) is 4.84. The summed E-state index contributed by atoms with van der Waals surface area (Å²) in [6, 6.07) is 3.60. The molecule has 0 aliphatic carbocycles. The monoisotopic (exact) mass is 404 g/mol. The number of rotatable bonds is 10. The lowest BCUT2D eigenvalue weighted by Gasteiger charge is -2.17. The van der Waals surface area contributed by atoms with Crippen LogP contribution in [-0.2, 0) is 34.2 Å². The van der Waals surface area contributed by atoms with Gasteiger partial charge in [0.2, 0.25) is 11.8 Å². The van der Waals surface area contributed by atoms with Crippen LogP contribution < -0.4 is 10.6 Å². The van der Waals surface area contributed by atoms with E-state index in [1.807, 2.05) is 6.07 Å². The van der Waals surface area contributed by atoms with Crippen LogP contribution in [0.4, 0.5) is 5.82 Å². The standard InChI is InChI=1S/C20H28N4O3S/c1-3-6-14(7-4-2)20(26)22-19-16-12-28-13-17(16)23-24(19)11-18(25)21-10-15-8-5-9-27-15/h5,8-9,14H,3-4,6-7,10-13H2,1-2H3,(H,21,25)(H,22,26). The van der Waals surface area contributed by atoms with Gasteiger partial charge in [0, 0.05) is 23.0 Å². The predicted octanol–water partition coefficient (Wildman–Crippen LogP) is 3.69. The van der Waals surface area contributed by atoms with Gasteiger partial charge in [-0.1, -0.05) is 26.7 Å². The van der Waals surface area contributed by atoms with Crippen LogP contribution in [0, 0.1) is 5.92 Å². The third-order valence-corrected chi connectivity index (χ3v) is 5.81. The van der Waals surface area contributed by atoms with Gasteiger partial charge in [-0.2, -0.15) is 16.9 Å². The topological polar surface area (TPSA) is 89.2 Å². The number of carbonyl (C=O) groups excluding carboxylic acids is 2. The first-order chi connectivity index (χ1) is 13.6. The van der Waals surface area contributed by atoms with Crippen LogP contribution in [0.25, 0.3) is 0 Å². The molecule has 7 nitrogen and oxygen atoms in total. The van der Waals surface area contributed by atoms with Gasteiger partial charge in [0.15, 0.2) is 0 Å². The molecule has 0 atom stereocenters. The average molecular weight is 405 g/mol. The van der Waals surface area contributed by atoms with Crippen molar-refractivity contribution in [3.05, 3.63) is 35.4 Å². The molecule has 0 unspecified atom stereocenters. The molecule has 152 valence electrons. The fourth-order valence-electron chi connectivity index (χ4n) is 3.43. The second-order valence-corrected chi connectivity index (χ2v) is 8.03. The molecule has 0 radical (unpaired) electrons. The van der Waals surface area contributed by atoms with Crippen molar-refractivity contribution < 1.29 is 14.0 Å². The van der Waals surface area contributed by atoms with E-state index in [1.165, 1.54) is 0 Å². The van der Waals surface area contributed by atoms with Crippen LogP contribution in [0.2, 0.25) is 0 Å². The van der Waals surface area contributed by atoms with Gasteiger partial charge in [-0.25, -0.2) is 4.68 Å². The highest BCUT2D eigenvalue weighted by molar-refractivity contribution is 7.98. The van der Waals surface area contributed by atoms with Crippen molar-refractivity contribution in [1.29, 1.82) is 0 Å². The minimum Gasteiger partial charge on any atom is -0.467 e. The Balaban J connectivity index is 1.69. The molecule has 2 aromatic heterocycles. The number of fused-ring (bicyclic) bond motifs is 1. The van der Waals surface area contributed by atoms with Crippen molar-refractivity contribution in [3.63, 3.8) is 0 Å². The molecule has 28 heavy (non-hydrogen) atoms. The van der Waals surface area contributed by atoms with Gasteiger partial charge in [-0.05, 0) is 25.0 Å². The fourth-order valence-corrected chi connectivity index (χ4v) is 4.47. The van der Waals surface area contributed by atoms with E-state index in [9.17, 15) is 9.59 Å². The van der Waals surface area contributed by atoms with Crippen LogP contribution in [-0.4, -0.2) is 21.6 Å². The van der Waals surface area contributed by atoms with Gasteiger partial charge in [-0.3, -0.25) is 9.59 Å². The Morgan fingerprint density at radius 1 is 1.29 bits per heavy atom. The molecule has 0 bridgehead atoms.